The van der Waals surface area contributed by atoms with Crippen LogP contribution in [0.15, 0.2) is 6.20 Å². The maximum atomic E-state index is 13.4. The fraction of sp³-hybridized carbons (Fsp3) is 0.545. The number of hydrogen-bond acceptors (Lipinski definition) is 5. The number of nitrogens with zero attached hydrogens (tertiary/aromatic N) is 4. The van der Waals surface area contributed by atoms with E-state index in [0.29, 0.717) is 18.9 Å². The van der Waals surface area contributed by atoms with Crippen LogP contribution in [0.2, 0.25) is 0 Å². The molecule has 6 nitrogen and oxygen atoms in total. The van der Waals surface area contributed by atoms with Crippen LogP contribution < -0.4 is 15.1 Å². The normalized spacial score (nSPS) is 10.1. The minimum absolute atomic E-state index is 0.0585. The van der Waals surface area contributed by atoms with Gasteiger partial charge < -0.3 is 15.1 Å². The Labute approximate surface area is 106 Å². The van der Waals surface area contributed by atoms with E-state index in [9.17, 15) is 9.18 Å². The molecule has 0 atom stereocenters. The number of rotatable bonds is 5. The monoisotopic (exact) mass is 255 g/mol. The van der Waals surface area contributed by atoms with Crippen LogP contribution >= 0.6 is 0 Å². The number of anilines is 2. The van der Waals surface area contributed by atoms with E-state index in [-0.39, 0.29) is 11.7 Å². The summed E-state index contributed by atoms with van der Waals surface area (Å²) in [7, 11) is 6.76. The van der Waals surface area contributed by atoms with Crippen LogP contribution in [0, 0.1) is 5.82 Å². The highest BCUT2D eigenvalue weighted by atomic mass is 19.1. The first kappa shape index (κ1) is 14.1. The van der Waals surface area contributed by atoms with Crippen LogP contribution in [0.4, 0.5) is 16.2 Å². The van der Waals surface area contributed by atoms with E-state index in [1.54, 1.807) is 38.0 Å². The molecular weight excluding hydrogens is 237 g/mol. The molecule has 1 amide bonds. The van der Waals surface area contributed by atoms with Crippen molar-refractivity contribution < 1.29 is 9.18 Å². The average molecular weight is 255 g/mol. The first-order valence-electron chi connectivity index (χ1n) is 5.57. The van der Waals surface area contributed by atoms with Gasteiger partial charge in [0.25, 0.3) is 0 Å². The van der Waals surface area contributed by atoms with Gasteiger partial charge in [-0.2, -0.15) is 4.98 Å². The van der Waals surface area contributed by atoms with E-state index in [4.69, 9.17) is 0 Å². The summed E-state index contributed by atoms with van der Waals surface area (Å²) in [5.41, 5.74) is 0. The molecule has 0 radical (unpaired) electrons. The van der Waals surface area contributed by atoms with Gasteiger partial charge in [-0.1, -0.05) is 0 Å². The zero-order chi connectivity index (χ0) is 13.7. The molecular formula is C11H18FN5O. The largest absolute Gasteiger partial charge is 0.360 e. The van der Waals surface area contributed by atoms with Crippen LogP contribution in [0.1, 0.15) is 6.42 Å². The van der Waals surface area contributed by atoms with Gasteiger partial charge >= 0.3 is 0 Å². The van der Waals surface area contributed by atoms with E-state index in [2.05, 4.69) is 15.3 Å². The number of hydrogen-bond donors (Lipinski definition) is 1. The van der Waals surface area contributed by atoms with Gasteiger partial charge in [0, 0.05) is 41.2 Å². The van der Waals surface area contributed by atoms with Crippen molar-refractivity contribution in [2.24, 2.45) is 0 Å². The summed E-state index contributed by atoms with van der Waals surface area (Å²) >= 11 is 0. The maximum absolute atomic E-state index is 13.4. The number of nitrogens with one attached hydrogen (secondary N) is 1. The standard InChI is InChI=1S/C11H18FN5O/c1-13-9(18)5-6-17(4)11-14-7-8(12)10(15-11)16(2)3/h7H,5-6H2,1-4H3,(H,13,18). The molecule has 0 aromatic carbocycles. The minimum atomic E-state index is -0.469. The second-order valence-electron chi connectivity index (χ2n) is 4.08. The fourth-order valence-corrected chi connectivity index (χ4v) is 1.34. The second kappa shape index (κ2) is 6.13. The lowest BCUT2D eigenvalue weighted by atomic mass is 10.4. The molecule has 0 spiro atoms. The predicted molar refractivity (Wildman–Crippen MR) is 68.3 cm³/mol. The number of amides is 1. The van der Waals surface area contributed by atoms with Gasteiger partial charge in [-0.3, -0.25) is 4.79 Å². The van der Waals surface area contributed by atoms with Crippen molar-refractivity contribution >= 4 is 17.7 Å². The lowest BCUT2D eigenvalue weighted by Gasteiger charge is -2.19. The summed E-state index contributed by atoms with van der Waals surface area (Å²) < 4.78 is 13.4. The number of halogens is 1. The summed E-state index contributed by atoms with van der Waals surface area (Å²) in [5, 5.41) is 2.54. The molecule has 0 fully saturated rings. The van der Waals surface area contributed by atoms with Crippen LogP contribution in [-0.4, -0.2) is 50.6 Å². The van der Waals surface area contributed by atoms with Crippen LogP contribution in [-0.2, 0) is 4.79 Å². The molecule has 0 bridgehead atoms. The molecule has 0 aliphatic rings. The minimum Gasteiger partial charge on any atom is -0.360 e. The molecule has 1 aromatic rings. The Balaban J connectivity index is 2.77. The predicted octanol–water partition coefficient (Wildman–Crippen LogP) is 0.254. The highest BCUT2D eigenvalue weighted by molar-refractivity contribution is 5.76. The van der Waals surface area contributed by atoms with Gasteiger partial charge in [0.1, 0.15) is 0 Å². The third kappa shape index (κ3) is 3.54. The molecule has 0 unspecified atom stereocenters. The average Bonchev–Trinajstić information content (AvgIpc) is 2.35. The van der Waals surface area contributed by atoms with Gasteiger partial charge in [0.2, 0.25) is 11.9 Å². The van der Waals surface area contributed by atoms with Crippen molar-refractivity contribution in [2.45, 2.75) is 6.42 Å². The molecule has 1 heterocycles. The van der Waals surface area contributed by atoms with E-state index < -0.39 is 5.82 Å². The smallest absolute Gasteiger partial charge is 0.227 e. The Morgan fingerprint density at radius 3 is 2.67 bits per heavy atom. The first-order valence-corrected chi connectivity index (χ1v) is 5.57. The molecule has 0 aliphatic heterocycles. The molecule has 1 rings (SSSR count). The highest BCUT2D eigenvalue weighted by Crippen LogP contribution is 2.16. The topological polar surface area (TPSA) is 61.4 Å². The molecule has 1 N–H and O–H groups in total. The number of carbonyl (C=O) groups excluding carboxylic acids is 1. The van der Waals surface area contributed by atoms with Crippen LogP contribution in [0.5, 0.6) is 0 Å². The van der Waals surface area contributed by atoms with Gasteiger partial charge in [0.15, 0.2) is 11.6 Å². The fourth-order valence-electron chi connectivity index (χ4n) is 1.34. The van der Waals surface area contributed by atoms with Gasteiger partial charge in [-0.25, -0.2) is 9.37 Å². The summed E-state index contributed by atoms with van der Waals surface area (Å²) in [4.78, 5) is 22.4. The van der Waals surface area contributed by atoms with E-state index in [1.165, 1.54) is 0 Å². The molecule has 0 saturated carbocycles. The Morgan fingerprint density at radius 2 is 2.11 bits per heavy atom. The maximum Gasteiger partial charge on any atom is 0.227 e. The van der Waals surface area contributed by atoms with Crippen molar-refractivity contribution in [3.8, 4) is 0 Å². The lowest BCUT2D eigenvalue weighted by molar-refractivity contribution is -0.120. The SMILES string of the molecule is CNC(=O)CCN(C)c1ncc(F)c(N(C)C)n1. The lowest BCUT2D eigenvalue weighted by Crippen LogP contribution is -2.28. The Kier molecular flexibility index (Phi) is 4.82. The Hall–Kier alpha value is -1.92. The highest BCUT2D eigenvalue weighted by Gasteiger charge is 2.12. The van der Waals surface area contributed by atoms with Crippen molar-refractivity contribution in [1.29, 1.82) is 0 Å². The molecule has 0 saturated heterocycles. The zero-order valence-electron chi connectivity index (χ0n) is 11.1. The van der Waals surface area contributed by atoms with Crippen LogP contribution in [0.25, 0.3) is 0 Å². The summed E-state index contributed by atoms with van der Waals surface area (Å²) in [5.74, 6) is 0.0936. The van der Waals surface area contributed by atoms with E-state index in [1.807, 2.05) is 0 Å². The molecule has 1 aromatic heterocycles. The van der Waals surface area contributed by atoms with E-state index in [0.717, 1.165) is 6.20 Å². The third-order valence-electron chi connectivity index (χ3n) is 2.43. The van der Waals surface area contributed by atoms with Gasteiger partial charge in [0.05, 0.1) is 6.20 Å². The Morgan fingerprint density at radius 1 is 1.44 bits per heavy atom. The molecule has 7 heteroatoms. The van der Waals surface area contributed by atoms with Gasteiger partial charge in [-0.05, 0) is 0 Å². The quantitative estimate of drug-likeness (QED) is 0.817. The van der Waals surface area contributed by atoms with Gasteiger partial charge in [-0.15, -0.1) is 0 Å². The van der Waals surface area contributed by atoms with Crippen molar-refractivity contribution in [3.63, 3.8) is 0 Å². The third-order valence-corrected chi connectivity index (χ3v) is 2.43. The van der Waals surface area contributed by atoms with Crippen molar-refractivity contribution in [2.75, 3.05) is 44.5 Å². The zero-order valence-corrected chi connectivity index (χ0v) is 11.1. The second-order valence-corrected chi connectivity index (χ2v) is 4.08. The van der Waals surface area contributed by atoms with Crippen molar-refractivity contribution in [1.82, 2.24) is 15.3 Å². The first-order chi connectivity index (χ1) is 8.45. The van der Waals surface area contributed by atoms with E-state index >= 15 is 0 Å². The summed E-state index contributed by atoms with van der Waals surface area (Å²) in [6.07, 6.45) is 1.47. The molecule has 100 valence electrons. The Bertz CT molecular complexity index is 424. The number of carbonyl (C=O) groups is 1. The molecule has 0 aliphatic carbocycles. The molecule has 18 heavy (non-hydrogen) atoms. The van der Waals surface area contributed by atoms with Crippen LogP contribution in [0.3, 0.4) is 0 Å². The van der Waals surface area contributed by atoms with Crippen molar-refractivity contribution in [3.05, 3.63) is 12.0 Å². The summed E-state index contributed by atoms with van der Waals surface area (Å²) in [6.45, 7) is 0.470. The number of aromatic nitrogens is 2. The summed E-state index contributed by atoms with van der Waals surface area (Å²) in [6, 6.07) is 0.